The average Bonchev–Trinajstić information content (AvgIpc) is 2.51. The van der Waals surface area contributed by atoms with E-state index in [1.807, 2.05) is 6.07 Å². The van der Waals surface area contributed by atoms with E-state index >= 15 is 0 Å². The van der Waals surface area contributed by atoms with Gasteiger partial charge in [0.05, 0.1) is 0 Å². The van der Waals surface area contributed by atoms with Gasteiger partial charge in [0.2, 0.25) is 0 Å². The van der Waals surface area contributed by atoms with Gasteiger partial charge in [0, 0.05) is 0 Å². The summed E-state index contributed by atoms with van der Waals surface area (Å²) in [4.78, 5) is 0. The number of benzene rings is 2. The van der Waals surface area contributed by atoms with Crippen molar-refractivity contribution in [3.05, 3.63) is 71.3 Å². The van der Waals surface area contributed by atoms with Crippen LogP contribution in [0.2, 0.25) is 0 Å². The Labute approximate surface area is 123 Å². The molecule has 0 aliphatic rings. The number of rotatable bonds is 7. The van der Waals surface area contributed by atoms with Gasteiger partial charge < -0.3 is 0 Å². The smallest absolute Gasteiger partial charge is 0.0254 e. The van der Waals surface area contributed by atoms with E-state index in [-0.39, 0.29) is 0 Å². The number of aryl methyl sites for hydroxylation is 1. The van der Waals surface area contributed by atoms with Gasteiger partial charge >= 0.3 is 0 Å². The molecule has 2 aromatic rings. The predicted molar refractivity (Wildman–Crippen MR) is 89.7 cm³/mol. The molecule has 0 unspecified atom stereocenters. The van der Waals surface area contributed by atoms with E-state index in [1.165, 1.54) is 48.8 Å². The molecule has 0 aliphatic carbocycles. The van der Waals surface area contributed by atoms with Crippen LogP contribution in [0.4, 0.5) is 0 Å². The topological polar surface area (TPSA) is 0 Å². The van der Waals surface area contributed by atoms with Crippen LogP contribution in [-0.2, 0) is 6.42 Å². The third-order valence-electron chi connectivity index (χ3n) is 3.54. The molecule has 0 bridgehead atoms. The van der Waals surface area contributed by atoms with Gasteiger partial charge in [-0.2, -0.15) is 0 Å². The molecule has 0 aliphatic heterocycles. The van der Waals surface area contributed by atoms with Crippen LogP contribution < -0.4 is 0 Å². The van der Waals surface area contributed by atoms with E-state index in [2.05, 4.69) is 67.6 Å². The molecule has 0 atom stereocenters. The highest BCUT2D eigenvalue weighted by Gasteiger charge is 1.95. The van der Waals surface area contributed by atoms with Crippen LogP contribution in [0.25, 0.3) is 12.2 Å². The van der Waals surface area contributed by atoms with Crippen LogP contribution in [0.5, 0.6) is 0 Å². The molecule has 104 valence electrons. The van der Waals surface area contributed by atoms with Crippen molar-refractivity contribution < 1.29 is 0 Å². The molecule has 0 heteroatoms. The van der Waals surface area contributed by atoms with E-state index in [0.717, 1.165) is 0 Å². The van der Waals surface area contributed by atoms with Gasteiger partial charge in [-0.05, 0) is 29.5 Å². The van der Waals surface area contributed by atoms with Crippen LogP contribution in [0.15, 0.2) is 54.6 Å². The summed E-state index contributed by atoms with van der Waals surface area (Å²) in [5, 5.41) is 0. The lowest BCUT2D eigenvalue weighted by molar-refractivity contribution is 0.667. The Bertz CT molecular complexity index is 523. The van der Waals surface area contributed by atoms with E-state index < -0.39 is 0 Å². The van der Waals surface area contributed by atoms with Crippen LogP contribution in [0.1, 0.15) is 49.3 Å². The zero-order valence-corrected chi connectivity index (χ0v) is 12.4. The maximum Gasteiger partial charge on any atom is -0.0254 e. The fourth-order valence-corrected chi connectivity index (χ4v) is 2.36. The lowest BCUT2D eigenvalue weighted by Crippen LogP contribution is -1.86. The fraction of sp³-hybridized carbons (Fsp3) is 0.300. The summed E-state index contributed by atoms with van der Waals surface area (Å²) in [6.45, 7) is 2.26. The first-order chi connectivity index (χ1) is 9.88. The first-order valence-corrected chi connectivity index (χ1v) is 7.70. The molecule has 2 aromatic carbocycles. The second kappa shape index (κ2) is 8.37. The molecular weight excluding hydrogens is 240 g/mol. The Morgan fingerprint density at radius 2 is 1.50 bits per heavy atom. The largest absolute Gasteiger partial charge is 0.0654 e. The number of unbranched alkanes of at least 4 members (excludes halogenated alkanes) is 3. The summed E-state index contributed by atoms with van der Waals surface area (Å²) >= 11 is 0. The van der Waals surface area contributed by atoms with Crippen LogP contribution in [-0.4, -0.2) is 0 Å². The highest BCUT2D eigenvalue weighted by atomic mass is 14.0. The van der Waals surface area contributed by atoms with Crippen molar-refractivity contribution in [2.24, 2.45) is 0 Å². The van der Waals surface area contributed by atoms with Gasteiger partial charge in [-0.15, -0.1) is 0 Å². The first-order valence-electron chi connectivity index (χ1n) is 7.70. The standard InChI is InChI=1S/C20H24/c1-2-3-4-6-12-19-13-9-14-20(17-19)16-15-18-10-7-5-8-11-18/h5,7-11,13-17H,2-4,6,12H2,1H3/b16-15+. The molecule has 2 rings (SSSR count). The maximum atomic E-state index is 2.31. The van der Waals surface area contributed by atoms with Gasteiger partial charge in [-0.1, -0.05) is 92.9 Å². The Hall–Kier alpha value is -1.82. The summed E-state index contributed by atoms with van der Waals surface area (Å²) < 4.78 is 0. The average molecular weight is 264 g/mol. The summed E-state index contributed by atoms with van der Waals surface area (Å²) in [6.07, 6.45) is 10.9. The molecule has 0 saturated carbocycles. The first kappa shape index (κ1) is 14.6. The van der Waals surface area contributed by atoms with E-state index in [9.17, 15) is 0 Å². The molecular formula is C20H24. The molecule has 0 aromatic heterocycles. The number of hydrogen-bond acceptors (Lipinski definition) is 0. The molecule has 0 N–H and O–H groups in total. The Balaban J connectivity index is 1.94. The Morgan fingerprint density at radius 1 is 0.750 bits per heavy atom. The van der Waals surface area contributed by atoms with E-state index in [1.54, 1.807) is 0 Å². The Morgan fingerprint density at radius 3 is 2.30 bits per heavy atom. The van der Waals surface area contributed by atoms with Crippen molar-refractivity contribution >= 4 is 12.2 Å². The summed E-state index contributed by atoms with van der Waals surface area (Å²) in [5.74, 6) is 0. The molecule has 20 heavy (non-hydrogen) atoms. The summed E-state index contributed by atoms with van der Waals surface area (Å²) in [6, 6.07) is 19.4. The maximum absolute atomic E-state index is 2.31. The van der Waals surface area contributed by atoms with E-state index in [4.69, 9.17) is 0 Å². The molecule has 0 fully saturated rings. The molecule has 0 saturated heterocycles. The summed E-state index contributed by atoms with van der Waals surface area (Å²) in [7, 11) is 0. The number of hydrogen-bond donors (Lipinski definition) is 0. The summed E-state index contributed by atoms with van der Waals surface area (Å²) in [5.41, 5.74) is 4.00. The Kier molecular flexibility index (Phi) is 6.10. The van der Waals surface area contributed by atoms with Crippen molar-refractivity contribution in [2.45, 2.75) is 39.0 Å². The van der Waals surface area contributed by atoms with Crippen LogP contribution in [0, 0.1) is 0 Å². The predicted octanol–water partition coefficient (Wildman–Crippen LogP) is 5.98. The third kappa shape index (κ3) is 5.05. The van der Waals surface area contributed by atoms with Gasteiger partial charge in [0.1, 0.15) is 0 Å². The fourth-order valence-electron chi connectivity index (χ4n) is 2.36. The molecule has 0 nitrogen and oxygen atoms in total. The van der Waals surface area contributed by atoms with Crippen LogP contribution in [0.3, 0.4) is 0 Å². The highest BCUT2D eigenvalue weighted by Crippen LogP contribution is 2.13. The highest BCUT2D eigenvalue weighted by molar-refractivity contribution is 5.69. The quantitative estimate of drug-likeness (QED) is 0.426. The molecule has 0 spiro atoms. The van der Waals surface area contributed by atoms with Crippen molar-refractivity contribution in [3.8, 4) is 0 Å². The second-order valence-electron chi connectivity index (χ2n) is 5.30. The van der Waals surface area contributed by atoms with E-state index in [0.29, 0.717) is 0 Å². The molecule has 0 radical (unpaired) electrons. The minimum absolute atomic E-state index is 1.20. The van der Waals surface area contributed by atoms with Gasteiger partial charge in [-0.25, -0.2) is 0 Å². The van der Waals surface area contributed by atoms with Crippen molar-refractivity contribution in [1.82, 2.24) is 0 Å². The lowest BCUT2D eigenvalue weighted by Gasteiger charge is -2.02. The van der Waals surface area contributed by atoms with Gasteiger partial charge in [0.15, 0.2) is 0 Å². The zero-order chi connectivity index (χ0) is 14.0. The van der Waals surface area contributed by atoms with Crippen molar-refractivity contribution in [1.29, 1.82) is 0 Å². The third-order valence-corrected chi connectivity index (χ3v) is 3.54. The van der Waals surface area contributed by atoms with Gasteiger partial charge in [-0.3, -0.25) is 0 Å². The second-order valence-corrected chi connectivity index (χ2v) is 5.30. The SMILES string of the molecule is CCCCCCc1cccc(/C=C/c2ccccc2)c1. The van der Waals surface area contributed by atoms with Crippen molar-refractivity contribution in [2.75, 3.05) is 0 Å². The zero-order valence-electron chi connectivity index (χ0n) is 12.4. The molecule has 0 amide bonds. The minimum atomic E-state index is 1.20. The van der Waals surface area contributed by atoms with Crippen molar-refractivity contribution in [3.63, 3.8) is 0 Å². The minimum Gasteiger partial charge on any atom is -0.0654 e. The normalized spacial score (nSPS) is 11.1. The monoisotopic (exact) mass is 264 g/mol. The van der Waals surface area contributed by atoms with Gasteiger partial charge in [0.25, 0.3) is 0 Å². The lowest BCUT2D eigenvalue weighted by atomic mass is 10.0. The molecule has 0 heterocycles. The van der Waals surface area contributed by atoms with Crippen LogP contribution >= 0.6 is 0 Å².